The number of benzene rings is 2. The standard InChI is InChI=1S/C28H30N6O2/c1-20-4-7-24(18-23(20)8-11-26-12-13-27(32-31-26)29-21(2)35)28(36)30-25-9-5-22(6-10-25)19-34-16-14-33(3)15-17-34/h4-7,9-10,12-13,18H,14-17,19H2,1-3H3,(H,30,36)(H,29,32,35). The number of aryl methyl sites for hydroxylation is 1. The molecule has 3 aromatic rings. The van der Waals surface area contributed by atoms with Crippen molar-refractivity contribution in [2.45, 2.75) is 20.4 Å². The number of hydrogen-bond donors (Lipinski definition) is 2. The van der Waals surface area contributed by atoms with E-state index < -0.39 is 0 Å². The second-order valence-electron chi connectivity index (χ2n) is 9.00. The molecule has 0 aliphatic carbocycles. The van der Waals surface area contributed by atoms with Crippen LogP contribution in [0.15, 0.2) is 54.6 Å². The summed E-state index contributed by atoms with van der Waals surface area (Å²) in [6.07, 6.45) is 0. The van der Waals surface area contributed by atoms with Crippen LogP contribution in [0.1, 0.15) is 39.7 Å². The number of nitrogens with zero attached hydrogens (tertiary/aromatic N) is 4. The first-order chi connectivity index (χ1) is 17.4. The van der Waals surface area contributed by atoms with Gasteiger partial charge in [0.15, 0.2) is 5.82 Å². The van der Waals surface area contributed by atoms with E-state index in [-0.39, 0.29) is 11.8 Å². The van der Waals surface area contributed by atoms with Crippen LogP contribution in [0.25, 0.3) is 0 Å². The zero-order valence-electron chi connectivity index (χ0n) is 20.8. The number of nitrogens with one attached hydrogen (secondary N) is 2. The molecular weight excluding hydrogens is 452 g/mol. The molecule has 2 aromatic carbocycles. The molecule has 184 valence electrons. The van der Waals surface area contributed by atoms with E-state index in [1.165, 1.54) is 12.5 Å². The highest BCUT2D eigenvalue weighted by Gasteiger charge is 2.14. The fourth-order valence-corrected chi connectivity index (χ4v) is 3.84. The molecule has 8 heteroatoms. The quantitative estimate of drug-likeness (QED) is 0.543. The van der Waals surface area contributed by atoms with Gasteiger partial charge in [-0.15, -0.1) is 10.2 Å². The third-order valence-corrected chi connectivity index (χ3v) is 6.01. The molecule has 0 bridgehead atoms. The predicted octanol–water partition coefficient (Wildman–Crippen LogP) is 3.14. The number of rotatable bonds is 5. The SMILES string of the molecule is CC(=O)Nc1ccc(C#Cc2cc(C(=O)Nc3ccc(CN4CCN(C)CC4)cc3)ccc2C)nn1. The van der Waals surface area contributed by atoms with Crippen molar-refractivity contribution in [1.29, 1.82) is 0 Å². The van der Waals surface area contributed by atoms with Gasteiger partial charge in [0.1, 0.15) is 5.69 Å². The summed E-state index contributed by atoms with van der Waals surface area (Å²) in [4.78, 5) is 28.8. The average Bonchev–Trinajstić information content (AvgIpc) is 2.86. The molecule has 0 atom stereocenters. The molecule has 1 aliphatic heterocycles. The van der Waals surface area contributed by atoms with Crippen molar-refractivity contribution in [3.8, 4) is 11.8 Å². The van der Waals surface area contributed by atoms with E-state index in [0.717, 1.165) is 49.5 Å². The van der Waals surface area contributed by atoms with Gasteiger partial charge < -0.3 is 15.5 Å². The van der Waals surface area contributed by atoms with E-state index in [4.69, 9.17) is 0 Å². The van der Waals surface area contributed by atoms with Crippen LogP contribution >= 0.6 is 0 Å². The zero-order valence-corrected chi connectivity index (χ0v) is 20.8. The summed E-state index contributed by atoms with van der Waals surface area (Å²) in [5.74, 6) is 6.00. The molecule has 1 aliphatic rings. The number of hydrogen-bond acceptors (Lipinski definition) is 6. The molecule has 0 saturated carbocycles. The van der Waals surface area contributed by atoms with Crippen molar-refractivity contribution in [3.63, 3.8) is 0 Å². The van der Waals surface area contributed by atoms with Gasteiger partial charge in [0.2, 0.25) is 5.91 Å². The maximum absolute atomic E-state index is 12.9. The average molecular weight is 483 g/mol. The number of carbonyl (C=O) groups is 2. The predicted molar refractivity (Wildman–Crippen MR) is 141 cm³/mol. The lowest BCUT2D eigenvalue weighted by Crippen LogP contribution is -2.43. The maximum Gasteiger partial charge on any atom is 0.255 e. The Kier molecular flexibility index (Phi) is 8.06. The lowest BCUT2D eigenvalue weighted by molar-refractivity contribution is -0.114. The molecule has 0 spiro atoms. The molecule has 0 radical (unpaired) electrons. The Morgan fingerprint density at radius 2 is 1.67 bits per heavy atom. The number of carbonyl (C=O) groups excluding carboxylic acids is 2. The topological polar surface area (TPSA) is 90.5 Å². The van der Waals surface area contributed by atoms with Gasteiger partial charge in [-0.25, -0.2) is 0 Å². The Labute approximate surface area is 211 Å². The zero-order chi connectivity index (χ0) is 25.5. The number of amides is 2. The van der Waals surface area contributed by atoms with Crippen LogP contribution in [-0.4, -0.2) is 65.0 Å². The van der Waals surface area contributed by atoms with Gasteiger partial charge in [0.05, 0.1) is 0 Å². The first-order valence-corrected chi connectivity index (χ1v) is 11.9. The van der Waals surface area contributed by atoms with E-state index >= 15 is 0 Å². The summed E-state index contributed by atoms with van der Waals surface area (Å²) in [7, 11) is 2.15. The van der Waals surface area contributed by atoms with Crippen LogP contribution in [0, 0.1) is 18.8 Å². The van der Waals surface area contributed by atoms with Crippen molar-refractivity contribution in [2.24, 2.45) is 0 Å². The molecule has 1 fully saturated rings. The fourth-order valence-electron chi connectivity index (χ4n) is 3.84. The fraction of sp³-hybridized carbons (Fsp3) is 0.286. The Morgan fingerprint density at radius 3 is 2.33 bits per heavy atom. The normalized spacial score (nSPS) is 14.0. The summed E-state index contributed by atoms with van der Waals surface area (Å²) in [6.45, 7) is 8.60. The van der Waals surface area contributed by atoms with Crippen LogP contribution < -0.4 is 10.6 Å². The van der Waals surface area contributed by atoms with E-state index in [9.17, 15) is 9.59 Å². The highest BCUT2D eigenvalue weighted by atomic mass is 16.2. The number of anilines is 2. The van der Waals surface area contributed by atoms with Gasteiger partial charge >= 0.3 is 0 Å². The highest BCUT2D eigenvalue weighted by molar-refractivity contribution is 6.04. The Morgan fingerprint density at radius 1 is 0.917 bits per heavy atom. The van der Waals surface area contributed by atoms with Crippen molar-refractivity contribution in [3.05, 3.63) is 82.5 Å². The van der Waals surface area contributed by atoms with Crippen LogP contribution in [0.4, 0.5) is 11.5 Å². The van der Waals surface area contributed by atoms with Crippen molar-refractivity contribution in [1.82, 2.24) is 20.0 Å². The van der Waals surface area contributed by atoms with Gasteiger partial charge in [0.25, 0.3) is 5.91 Å². The monoisotopic (exact) mass is 482 g/mol. The first kappa shape index (κ1) is 25.0. The molecule has 2 heterocycles. The van der Waals surface area contributed by atoms with Crippen LogP contribution in [0.3, 0.4) is 0 Å². The molecule has 4 rings (SSSR count). The van der Waals surface area contributed by atoms with E-state index in [1.54, 1.807) is 24.3 Å². The largest absolute Gasteiger partial charge is 0.322 e. The van der Waals surface area contributed by atoms with Gasteiger partial charge in [0, 0.05) is 56.5 Å². The van der Waals surface area contributed by atoms with E-state index in [1.807, 2.05) is 25.1 Å². The Hall–Kier alpha value is -4.06. The molecule has 36 heavy (non-hydrogen) atoms. The third kappa shape index (κ3) is 6.98. The Bertz CT molecular complexity index is 1280. The molecular formula is C28H30N6O2. The van der Waals surface area contributed by atoms with Crippen LogP contribution in [0.2, 0.25) is 0 Å². The van der Waals surface area contributed by atoms with Crippen LogP contribution in [0.5, 0.6) is 0 Å². The number of piperazine rings is 1. The van der Waals surface area contributed by atoms with Crippen molar-refractivity contribution >= 4 is 23.3 Å². The minimum Gasteiger partial charge on any atom is -0.322 e. The maximum atomic E-state index is 12.9. The molecule has 1 saturated heterocycles. The highest BCUT2D eigenvalue weighted by Crippen LogP contribution is 2.16. The van der Waals surface area contributed by atoms with Crippen LogP contribution in [-0.2, 0) is 11.3 Å². The summed E-state index contributed by atoms with van der Waals surface area (Å²) in [5, 5.41) is 13.5. The second kappa shape index (κ2) is 11.6. The van der Waals surface area contributed by atoms with Gasteiger partial charge in [-0.3, -0.25) is 14.5 Å². The van der Waals surface area contributed by atoms with E-state index in [0.29, 0.717) is 17.1 Å². The second-order valence-corrected chi connectivity index (χ2v) is 9.00. The molecule has 1 aromatic heterocycles. The molecule has 2 amide bonds. The van der Waals surface area contributed by atoms with Gasteiger partial charge in [-0.05, 0) is 67.4 Å². The summed E-state index contributed by atoms with van der Waals surface area (Å²) < 4.78 is 0. The van der Waals surface area contributed by atoms with Crippen molar-refractivity contribution in [2.75, 3.05) is 43.9 Å². The lowest BCUT2D eigenvalue weighted by Gasteiger charge is -2.32. The van der Waals surface area contributed by atoms with Gasteiger partial charge in [-0.2, -0.15) is 0 Å². The lowest BCUT2D eigenvalue weighted by atomic mass is 10.0. The minimum absolute atomic E-state index is 0.190. The summed E-state index contributed by atoms with van der Waals surface area (Å²) in [5.41, 5.74) is 4.67. The molecule has 2 N–H and O–H groups in total. The summed E-state index contributed by atoms with van der Waals surface area (Å²) in [6, 6.07) is 16.8. The molecule has 0 unspecified atom stereocenters. The smallest absolute Gasteiger partial charge is 0.255 e. The first-order valence-electron chi connectivity index (χ1n) is 11.9. The van der Waals surface area contributed by atoms with Gasteiger partial charge in [-0.1, -0.05) is 24.1 Å². The minimum atomic E-state index is -0.213. The Balaban J connectivity index is 1.39. The number of likely N-dealkylation sites (N-methyl/N-ethyl adjacent to an activating group) is 1. The number of aromatic nitrogens is 2. The molecule has 8 nitrogen and oxygen atoms in total. The third-order valence-electron chi connectivity index (χ3n) is 6.01. The summed E-state index contributed by atoms with van der Waals surface area (Å²) >= 11 is 0. The van der Waals surface area contributed by atoms with E-state index in [2.05, 4.69) is 61.7 Å². The van der Waals surface area contributed by atoms with Crippen molar-refractivity contribution < 1.29 is 9.59 Å².